The van der Waals surface area contributed by atoms with E-state index in [1.165, 1.54) is 24.3 Å². The molecule has 3 amide bonds. The smallest absolute Gasteiger partial charge is 0.261 e. The lowest BCUT2D eigenvalue weighted by Crippen LogP contribution is -2.27. The summed E-state index contributed by atoms with van der Waals surface area (Å²) < 4.78 is 28.2. The van der Waals surface area contributed by atoms with E-state index in [0.29, 0.717) is 13.0 Å². The third-order valence-electron chi connectivity index (χ3n) is 4.98. The van der Waals surface area contributed by atoms with Crippen LogP contribution < -0.4 is 15.4 Å². The van der Waals surface area contributed by atoms with Crippen molar-refractivity contribution in [2.45, 2.75) is 11.3 Å². The van der Waals surface area contributed by atoms with E-state index in [2.05, 4.69) is 15.4 Å². The average Bonchev–Trinajstić information content (AvgIpc) is 3.07. The lowest BCUT2D eigenvalue weighted by atomic mass is 10.1. The Morgan fingerprint density at radius 1 is 0.844 bits per heavy atom. The fourth-order valence-corrected chi connectivity index (χ4v) is 4.45. The molecule has 0 aliphatic carbocycles. The molecule has 0 unspecified atom stereocenters. The quantitative estimate of drug-likeness (QED) is 0.478. The minimum absolute atomic E-state index is 0.00943. The molecule has 8 nitrogen and oxygen atoms in total. The molecule has 1 aliphatic heterocycles. The monoisotopic (exact) mass is 449 g/mol. The van der Waals surface area contributed by atoms with Crippen LogP contribution in [0.5, 0.6) is 0 Å². The largest absolute Gasteiger partial charge is 0.352 e. The summed E-state index contributed by atoms with van der Waals surface area (Å²) in [5.41, 5.74) is 1.45. The first-order valence-corrected chi connectivity index (χ1v) is 11.3. The van der Waals surface area contributed by atoms with E-state index >= 15 is 0 Å². The first-order chi connectivity index (χ1) is 15.3. The van der Waals surface area contributed by atoms with Crippen LogP contribution in [-0.2, 0) is 16.4 Å². The van der Waals surface area contributed by atoms with Crippen LogP contribution in [0.25, 0.3) is 0 Å². The molecule has 0 fully saturated rings. The fraction of sp³-hybridized carbons (Fsp3) is 0.0870. The Hall–Kier alpha value is -3.98. The van der Waals surface area contributed by atoms with Gasteiger partial charge in [0.1, 0.15) is 0 Å². The Morgan fingerprint density at radius 3 is 2.31 bits per heavy atom. The Labute approximate surface area is 184 Å². The van der Waals surface area contributed by atoms with Gasteiger partial charge in [0.05, 0.1) is 27.3 Å². The van der Waals surface area contributed by atoms with Crippen molar-refractivity contribution < 1.29 is 22.8 Å². The van der Waals surface area contributed by atoms with Crippen molar-refractivity contribution in [1.29, 1.82) is 0 Å². The molecule has 1 heterocycles. The van der Waals surface area contributed by atoms with Crippen LogP contribution >= 0.6 is 0 Å². The number of rotatable bonds is 7. The van der Waals surface area contributed by atoms with E-state index in [4.69, 9.17) is 0 Å². The number of anilines is 1. The highest BCUT2D eigenvalue weighted by atomic mass is 32.2. The van der Waals surface area contributed by atoms with E-state index < -0.39 is 27.7 Å². The highest BCUT2D eigenvalue weighted by Crippen LogP contribution is 2.24. The molecule has 32 heavy (non-hydrogen) atoms. The van der Waals surface area contributed by atoms with Gasteiger partial charge in [0.2, 0.25) is 0 Å². The van der Waals surface area contributed by atoms with E-state index in [0.717, 1.165) is 11.6 Å². The Morgan fingerprint density at radius 2 is 1.53 bits per heavy atom. The van der Waals surface area contributed by atoms with Crippen molar-refractivity contribution in [1.82, 2.24) is 10.6 Å². The van der Waals surface area contributed by atoms with E-state index in [1.54, 1.807) is 12.1 Å². The van der Waals surface area contributed by atoms with Crippen LogP contribution in [0.15, 0.2) is 77.7 Å². The zero-order valence-corrected chi connectivity index (χ0v) is 17.6. The molecule has 9 heteroatoms. The molecular weight excluding hydrogens is 430 g/mol. The van der Waals surface area contributed by atoms with Gasteiger partial charge in [-0.15, -0.1) is 0 Å². The fourth-order valence-electron chi connectivity index (χ4n) is 3.35. The maximum absolute atomic E-state index is 12.9. The maximum Gasteiger partial charge on any atom is 0.261 e. The average molecular weight is 449 g/mol. The number of hydrogen-bond acceptors (Lipinski definition) is 5. The van der Waals surface area contributed by atoms with Crippen LogP contribution in [0.2, 0.25) is 0 Å². The second kappa shape index (κ2) is 8.64. The van der Waals surface area contributed by atoms with Crippen LogP contribution in [-0.4, -0.2) is 32.7 Å². The molecule has 0 radical (unpaired) electrons. The Bertz CT molecular complexity index is 1320. The zero-order chi connectivity index (χ0) is 22.7. The summed E-state index contributed by atoms with van der Waals surface area (Å²) in [7, 11) is -4.12. The molecule has 3 N–H and O–H groups in total. The molecule has 4 rings (SSSR count). The van der Waals surface area contributed by atoms with Gasteiger partial charge in [-0.25, -0.2) is 8.42 Å². The number of hydrogen-bond donors (Lipinski definition) is 3. The van der Waals surface area contributed by atoms with E-state index in [1.807, 2.05) is 30.3 Å². The molecule has 3 aromatic carbocycles. The lowest BCUT2D eigenvalue weighted by molar-refractivity contribution is 0.0878. The summed E-state index contributed by atoms with van der Waals surface area (Å²) in [6.45, 7) is 0.387. The predicted octanol–water partition coefficient (Wildman–Crippen LogP) is 2.34. The summed E-state index contributed by atoms with van der Waals surface area (Å²) in [6, 6.07) is 19.6. The van der Waals surface area contributed by atoms with Gasteiger partial charge in [0.15, 0.2) is 0 Å². The van der Waals surface area contributed by atoms with Crippen molar-refractivity contribution in [3.63, 3.8) is 0 Å². The van der Waals surface area contributed by atoms with Gasteiger partial charge in [-0.3, -0.25) is 24.4 Å². The first kappa shape index (κ1) is 21.3. The maximum atomic E-state index is 12.9. The standard InChI is InChI=1S/C23H19N3O5S/c27-21(24-13-12-15-6-2-1-3-7-15)18-8-4-5-9-20(18)26-32(30,31)16-10-11-17-19(14-16)23(29)25-22(17)28/h1-11,14,26H,12-13H2,(H,24,27)(H,25,28,29). The Balaban J connectivity index is 1.51. The van der Waals surface area contributed by atoms with Gasteiger partial charge >= 0.3 is 0 Å². The van der Waals surface area contributed by atoms with Gasteiger partial charge in [0, 0.05) is 6.54 Å². The van der Waals surface area contributed by atoms with Crippen LogP contribution in [0.3, 0.4) is 0 Å². The number of imide groups is 1. The summed E-state index contributed by atoms with van der Waals surface area (Å²) in [4.78, 5) is 36.0. The van der Waals surface area contributed by atoms with Gasteiger partial charge in [0.25, 0.3) is 27.7 Å². The van der Waals surface area contributed by atoms with Crippen molar-refractivity contribution in [3.8, 4) is 0 Å². The molecule has 0 aromatic heterocycles. The minimum Gasteiger partial charge on any atom is -0.352 e. The number of sulfonamides is 1. The summed E-state index contributed by atoms with van der Waals surface area (Å²) in [5.74, 6) is -1.64. The lowest BCUT2D eigenvalue weighted by Gasteiger charge is -2.13. The number of para-hydroxylation sites is 1. The Kier molecular flexibility index (Phi) is 5.74. The molecule has 1 aliphatic rings. The third kappa shape index (κ3) is 4.37. The van der Waals surface area contributed by atoms with Crippen molar-refractivity contribution in [2.75, 3.05) is 11.3 Å². The van der Waals surface area contributed by atoms with Crippen molar-refractivity contribution >= 4 is 33.4 Å². The second-order valence-electron chi connectivity index (χ2n) is 7.13. The van der Waals surface area contributed by atoms with Crippen molar-refractivity contribution in [3.05, 3.63) is 95.1 Å². The number of fused-ring (bicyclic) bond motifs is 1. The predicted molar refractivity (Wildman–Crippen MR) is 118 cm³/mol. The van der Waals surface area contributed by atoms with Gasteiger partial charge in [-0.1, -0.05) is 42.5 Å². The molecule has 0 atom stereocenters. The second-order valence-corrected chi connectivity index (χ2v) is 8.82. The number of amides is 3. The normalized spacial score (nSPS) is 12.8. The number of nitrogens with one attached hydrogen (secondary N) is 3. The van der Waals surface area contributed by atoms with E-state index in [9.17, 15) is 22.8 Å². The van der Waals surface area contributed by atoms with E-state index in [-0.39, 0.29) is 27.3 Å². The van der Waals surface area contributed by atoms with Gasteiger partial charge in [-0.2, -0.15) is 0 Å². The van der Waals surface area contributed by atoms with Crippen LogP contribution in [0.1, 0.15) is 36.6 Å². The van der Waals surface area contributed by atoms with Crippen LogP contribution in [0.4, 0.5) is 5.69 Å². The SMILES string of the molecule is O=C(NCCc1ccccc1)c1ccccc1NS(=O)(=O)c1ccc2c(c1)C(=O)NC2=O. The number of carbonyl (C=O) groups is 3. The minimum atomic E-state index is -4.12. The van der Waals surface area contributed by atoms with Crippen LogP contribution in [0, 0.1) is 0 Å². The van der Waals surface area contributed by atoms with Gasteiger partial charge in [-0.05, 0) is 42.3 Å². The summed E-state index contributed by atoms with van der Waals surface area (Å²) >= 11 is 0. The topological polar surface area (TPSA) is 121 Å². The molecule has 3 aromatic rings. The molecule has 0 spiro atoms. The molecule has 162 valence electrons. The zero-order valence-electron chi connectivity index (χ0n) is 16.8. The van der Waals surface area contributed by atoms with Crippen molar-refractivity contribution in [2.24, 2.45) is 0 Å². The number of carbonyl (C=O) groups excluding carboxylic acids is 3. The highest BCUT2D eigenvalue weighted by molar-refractivity contribution is 7.92. The summed E-state index contributed by atoms with van der Waals surface area (Å²) in [5, 5.41) is 4.91. The molecular formula is C23H19N3O5S. The summed E-state index contributed by atoms with van der Waals surface area (Å²) in [6.07, 6.45) is 0.635. The highest BCUT2D eigenvalue weighted by Gasteiger charge is 2.29. The van der Waals surface area contributed by atoms with Gasteiger partial charge < -0.3 is 5.32 Å². The molecule has 0 saturated heterocycles. The first-order valence-electron chi connectivity index (χ1n) is 9.79. The number of benzene rings is 3. The third-order valence-corrected chi connectivity index (χ3v) is 6.34. The molecule has 0 bridgehead atoms. The molecule has 0 saturated carbocycles.